The number of aryl methyl sites for hydroxylation is 1. The lowest BCUT2D eigenvalue weighted by atomic mass is 10.0. The maximum atomic E-state index is 4.92. The highest BCUT2D eigenvalue weighted by Gasteiger charge is 2.24. The standard InChI is InChI=1S/C28H23N5/c1-18-17-22(19(2)33(18)21-13-7-4-8-14-21)27-25(26(31-32-27)20-11-5-3-6-12-20)28-29-23-15-9-10-16-24(23)30-28/h3-17H,1-2H3,(H,29,30)(H,31,32). The van der Waals surface area contributed by atoms with E-state index in [2.05, 4.69) is 77.0 Å². The van der Waals surface area contributed by atoms with E-state index in [1.165, 1.54) is 5.69 Å². The van der Waals surface area contributed by atoms with Crippen LogP contribution in [-0.2, 0) is 0 Å². The molecule has 6 rings (SSSR count). The molecule has 2 N–H and O–H groups in total. The highest BCUT2D eigenvalue weighted by atomic mass is 15.1. The van der Waals surface area contributed by atoms with Crippen LogP contribution in [0.5, 0.6) is 0 Å². The average molecular weight is 430 g/mol. The third kappa shape index (κ3) is 3.17. The number of aromatic amines is 2. The zero-order valence-corrected chi connectivity index (χ0v) is 18.5. The number of rotatable bonds is 4. The Labute approximate surface area is 191 Å². The van der Waals surface area contributed by atoms with Crippen LogP contribution < -0.4 is 0 Å². The van der Waals surface area contributed by atoms with Gasteiger partial charge in [-0.05, 0) is 44.2 Å². The first-order valence-corrected chi connectivity index (χ1v) is 11.0. The molecule has 0 spiro atoms. The summed E-state index contributed by atoms with van der Waals surface area (Å²) in [5.41, 5.74) is 10.4. The Kier molecular flexibility index (Phi) is 4.47. The fraction of sp³-hybridized carbons (Fsp3) is 0.0714. The minimum atomic E-state index is 0.809. The summed E-state index contributed by atoms with van der Waals surface area (Å²) in [7, 11) is 0. The molecule has 0 fully saturated rings. The molecule has 5 nitrogen and oxygen atoms in total. The minimum Gasteiger partial charge on any atom is -0.338 e. The molecule has 0 bridgehead atoms. The summed E-state index contributed by atoms with van der Waals surface area (Å²) in [6.07, 6.45) is 0. The molecule has 33 heavy (non-hydrogen) atoms. The summed E-state index contributed by atoms with van der Waals surface area (Å²) in [4.78, 5) is 8.44. The van der Waals surface area contributed by atoms with Gasteiger partial charge in [-0.2, -0.15) is 5.10 Å². The molecular weight excluding hydrogens is 406 g/mol. The third-order valence-corrected chi connectivity index (χ3v) is 6.15. The highest BCUT2D eigenvalue weighted by molar-refractivity contribution is 5.92. The van der Waals surface area contributed by atoms with Crippen molar-refractivity contribution >= 4 is 11.0 Å². The first-order chi connectivity index (χ1) is 16.2. The smallest absolute Gasteiger partial charge is 0.142 e. The topological polar surface area (TPSA) is 62.3 Å². The van der Waals surface area contributed by atoms with Crippen molar-refractivity contribution in [3.8, 4) is 39.6 Å². The maximum Gasteiger partial charge on any atom is 0.142 e. The summed E-state index contributed by atoms with van der Waals surface area (Å²) in [5.74, 6) is 0.809. The Morgan fingerprint density at radius 1 is 0.788 bits per heavy atom. The van der Waals surface area contributed by atoms with Gasteiger partial charge in [-0.1, -0.05) is 60.7 Å². The molecule has 3 aromatic heterocycles. The van der Waals surface area contributed by atoms with Crippen LogP contribution in [0.2, 0.25) is 0 Å². The normalized spacial score (nSPS) is 11.3. The first kappa shape index (κ1) is 19.3. The number of benzene rings is 3. The van der Waals surface area contributed by atoms with Crippen molar-refractivity contribution in [2.45, 2.75) is 13.8 Å². The van der Waals surface area contributed by atoms with Gasteiger partial charge >= 0.3 is 0 Å². The van der Waals surface area contributed by atoms with E-state index in [9.17, 15) is 0 Å². The summed E-state index contributed by atoms with van der Waals surface area (Å²) in [5, 5.41) is 8.11. The van der Waals surface area contributed by atoms with Gasteiger partial charge in [-0.15, -0.1) is 0 Å². The maximum absolute atomic E-state index is 4.92. The molecule has 0 atom stereocenters. The molecule has 5 heteroatoms. The number of fused-ring (bicyclic) bond motifs is 1. The molecule has 0 aliphatic carbocycles. The van der Waals surface area contributed by atoms with Gasteiger partial charge in [0, 0.05) is 28.2 Å². The summed E-state index contributed by atoms with van der Waals surface area (Å²) >= 11 is 0. The molecule has 0 amide bonds. The number of para-hydroxylation sites is 3. The Morgan fingerprint density at radius 3 is 2.24 bits per heavy atom. The van der Waals surface area contributed by atoms with Crippen molar-refractivity contribution in [1.29, 1.82) is 0 Å². The summed E-state index contributed by atoms with van der Waals surface area (Å²) in [6.45, 7) is 4.29. The molecule has 0 saturated carbocycles. The van der Waals surface area contributed by atoms with Crippen LogP contribution in [0, 0.1) is 13.8 Å². The molecule has 0 aliphatic heterocycles. The van der Waals surface area contributed by atoms with Crippen molar-refractivity contribution in [1.82, 2.24) is 24.7 Å². The van der Waals surface area contributed by atoms with Gasteiger partial charge in [0.2, 0.25) is 0 Å². The fourth-order valence-corrected chi connectivity index (χ4v) is 4.63. The van der Waals surface area contributed by atoms with Gasteiger partial charge in [0.25, 0.3) is 0 Å². The molecule has 0 aliphatic rings. The second kappa shape index (κ2) is 7.64. The lowest BCUT2D eigenvalue weighted by Gasteiger charge is -2.10. The highest BCUT2D eigenvalue weighted by Crippen LogP contribution is 2.40. The van der Waals surface area contributed by atoms with Crippen LogP contribution in [0.1, 0.15) is 11.4 Å². The number of H-pyrrole nitrogens is 2. The molecule has 160 valence electrons. The number of nitrogens with one attached hydrogen (secondary N) is 2. The Hall–Kier alpha value is -4.38. The van der Waals surface area contributed by atoms with Crippen molar-refractivity contribution in [3.05, 3.63) is 102 Å². The zero-order chi connectivity index (χ0) is 22.4. The van der Waals surface area contributed by atoms with Gasteiger partial charge in [0.1, 0.15) is 11.5 Å². The van der Waals surface area contributed by atoms with Crippen LogP contribution in [0.3, 0.4) is 0 Å². The van der Waals surface area contributed by atoms with Crippen LogP contribution >= 0.6 is 0 Å². The molecule has 0 saturated heterocycles. The fourth-order valence-electron chi connectivity index (χ4n) is 4.63. The molecule has 0 unspecified atom stereocenters. The van der Waals surface area contributed by atoms with E-state index in [4.69, 9.17) is 10.1 Å². The number of hydrogen-bond acceptors (Lipinski definition) is 2. The lowest BCUT2D eigenvalue weighted by Crippen LogP contribution is -1.98. The zero-order valence-electron chi connectivity index (χ0n) is 18.5. The van der Waals surface area contributed by atoms with Crippen LogP contribution in [0.25, 0.3) is 50.6 Å². The van der Waals surface area contributed by atoms with E-state index in [0.717, 1.165) is 56.3 Å². The van der Waals surface area contributed by atoms with E-state index in [-0.39, 0.29) is 0 Å². The van der Waals surface area contributed by atoms with Crippen molar-refractivity contribution in [2.75, 3.05) is 0 Å². The quantitative estimate of drug-likeness (QED) is 0.328. The minimum absolute atomic E-state index is 0.809. The Morgan fingerprint density at radius 2 is 1.48 bits per heavy atom. The SMILES string of the molecule is Cc1cc(-c2[nH]nc(-c3ccccc3)c2-c2nc3ccccc3[nH]2)c(C)n1-c1ccccc1. The molecule has 6 aromatic rings. The largest absolute Gasteiger partial charge is 0.338 e. The molecule has 3 heterocycles. The van der Waals surface area contributed by atoms with E-state index in [0.29, 0.717) is 0 Å². The van der Waals surface area contributed by atoms with Crippen molar-refractivity contribution in [2.24, 2.45) is 0 Å². The number of hydrogen-bond donors (Lipinski definition) is 2. The summed E-state index contributed by atoms with van der Waals surface area (Å²) < 4.78 is 2.28. The van der Waals surface area contributed by atoms with Gasteiger partial charge in [-0.3, -0.25) is 5.10 Å². The predicted molar refractivity (Wildman–Crippen MR) is 133 cm³/mol. The van der Waals surface area contributed by atoms with Gasteiger partial charge < -0.3 is 9.55 Å². The third-order valence-electron chi connectivity index (χ3n) is 6.15. The number of imidazole rings is 1. The van der Waals surface area contributed by atoms with Crippen LogP contribution in [-0.4, -0.2) is 24.7 Å². The van der Waals surface area contributed by atoms with E-state index in [1.54, 1.807) is 0 Å². The number of nitrogens with zero attached hydrogens (tertiary/aromatic N) is 3. The monoisotopic (exact) mass is 429 g/mol. The lowest BCUT2D eigenvalue weighted by molar-refractivity contribution is 0.965. The molecular formula is C28H23N5. The summed E-state index contributed by atoms with van der Waals surface area (Å²) in [6, 6.07) is 31.0. The molecule has 0 radical (unpaired) electrons. The predicted octanol–water partition coefficient (Wildman–Crippen LogP) is 6.69. The molecule has 3 aromatic carbocycles. The van der Waals surface area contributed by atoms with E-state index >= 15 is 0 Å². The first-order valence-electron chi connectivity index (χ1n) is 11.0. The second-order valence-corrected chi connectivity index (χ2v) is 8.25. The van der Waals surface area contributed by atoms with Gasteiger partial charge in [0.15, 0.2) is 0 Å². The van der Waals surface area contributed by atoms with Crippen LogP contribution in [0.15, 0.2) is 91.0 Å². The number of aromatic nitrogens is 5. The van der Waals surface area contributed by atoms with Crippen LogP contribution in [0.4, 0.5) is 0 Å². The second-order valence-electron chi connectivity index (χ2n) is 8.25. The average Bonchev–Trinajstić information content (AvgIpc) is 3.54. The van der Waals surface area contributed by atoms with E-state index in [1.807, 2.05) is 42.5 Å². The van der Waals surface area contributed by atoms with Gasteiger partial charge in [0.05, 0.1) is 22.3 Å². The van der Waals surface area contributed by atoms with Crippen molar-refractivity contribution < 1.29 is 0 Å². The Bertz CT molecular complexity index is 1540. The van der Waals surface area contributed by atoms with Gasteiger partial charge in [-0.25, -0.2) is 4.98 Å². The van der Waals surface area contributed by atoms with Crippen molar-refractivity contribution in [3.63, 3.8) is 0 Å². The van der Waals surface area contributed by atoms with E-state index < -0.39 is 0 Å². The Balaban J connectivity index is 1.61.